The summed E-state index contributed by atoms with van der Waals surface area (Å²) in [4.78, 5) is 16.8. The predicted octanol–water partition coefficient (Wildman–Crippen LogP) is 1.42. The Morgan fingerprint density at radius 2 is 1.92 bits per heavy atom. The van der Waals surface area contributed by atoms with Gasteiger partial charge < -0.3 is 4.90 Å². The van der Waals surface area contributed by atoms with E-state index in [1.54, 1.807) is 17.0 Å². The summed E-state index contributed by atoms with van der Waals surface area (Å²) in [6.45, 7) is 0. The fourth-order valence-corrected chi connectivity index (χ4v) is 0.823. The van der Waals surface area contributed by atoms with Gasteiger partial charge in [0.05, 0.1) is 6.34 Å². The maximum absolute atomic E-state index is 11.3. The molecule has 0 radical (unpaired) electrons. The Hall–Kier alpha value is -1.64. The van der Waals surface area contributed by atoms with E-state index in [1.807, 2.05) is 32.3 Å². The number of carbonyl (C=O) groups is 1. The molecular formula is C10H12N2O. The summed E-state index contributed by atoms with van der Waals surface area (Å²) in [6.07, 6.45) is 1.50. The van der Waals surface area contributed by atoms with E-state index in [0.29, 0.717) is 5.56 Å². The van der Waals surface area contributed by atoms with Crippen molar-refractivity contribution in [3.8, 4) is 0 Å². The molecule has 1 amide bonds. The van der Waals surface area contributed by atoms with Crippen LogP contribution in [0.4, 0.5) is 0 Å². The van der Waals surface area contributed by atoms with Crippen LogP contribution in [0.25, 0.3) is 0 Å². The standard InChI is InChI=1S/C10H12N2O/c1-12(2)8-11-10(13)9-6-4-3-5-7-9/h3-8H,1-2H3/b11-8-. The number of carbonyl (C=O) groups excluding carboxylic acids is 1. The minimum Gasteiger partial charge on any atom is -0.369 e. The van der Waals surface area contributed by atoms with Crippen LogP contribution in [0.2, 0.25) is 0 Å². The SMILES string of the molecule is CN(C)/C=N\C(=O)c1ccccc1. The normalized spacial score (nSPS) is 10.3. The molecule has 0 fully saturated rings. The quantitative estimate of drug-likeness (QED) is 0.504. The Kier molecular flexibility index (Phi) is 3.20. The summed E-state index contributed by atoms with van der Waals surface area (Å²) in [7, 11) is 3.64. The summed E-state index contributed by atoms with van der Waals surface area (Å²) in [6, 6.07) is 8.99. The molecule has 0 N–H and O–H groups in total. The summed E-state index contributed by atoms with van der Waals surface area (Å²) in [5.74, 6) is -0.214. The summed E-state index contributed by atoms with van der Waals surface area (Å²) < 4.78 is 0. The third kappa shape index (κ3) is 3.07. The van der Waals surface area contributed by atoms with Crippen molar-refractivity contribution >= 4 is 12.2 Å². The zero-order chi connectivity index (χ0) is 9.68. The lowest BCUT2D eigenvalue weighted by atomic mass is 10.2. The second kappa shape index (κ2) is 4.40. The molecule has 0 aliphatic rings. The lowest BCUT2D eigenvalue weighted by molar-refractivity contribution is 0.100. The van der Waals surface area contributed by atoms with E-state index in [1.165, 1.54) is 6.34 Å². The molecule has 13 heavy (non-hydrogen) atoms. The molecule has 1 aromatic rings. The first-order chi connectivity index (χ1) is 6.20. The molecule has 3 nitrogen and oxygen atoms in total. The van der Waals surface area contributed by atoms with Gasteiger partial charge in [-0.05, 0) is 12.1 Å². The predicted molar refractivity (Wildman–Crippen MR) is 53.0 cm³/mol. The summed E-state index contributed by atoms with van der Waals surface area (Å²) in [5.41, 5.74) is 0.612. The molecule has 0 heterocycles. The average Bonchev–Trinajstić information content (AvgIpc) is 2.15. The number of hydrogen-bond donors (Lipinski definition) is 0. The third-order valence-electron chi connectivity index (χ3n) is 1.43. The van der Waals surface area contributed by atoms with Crippen LogP contribution >= 0.6 is 0 Å². The van der Waals surface area contributed by atoms with Gasteiger partial charge in [-0.25, -0.2) is 0 Å². The monoisotopic (exact) mass is 176 g/mol. The number of rotatable bonds is 2. The lowest BCUT2D eigenvalue weighted by Gasteiger charge is -2.01. The first kappa shape index (κ1) is 9.45. The molecule has 1 aromatic carbocycles. The van der Waals surface area contributed by atoms with Gasteiger partial charge in [-0.15, -0.1) is 0 Å². The number of amides is 1. The van der Waals surface area contributed by atoms with E-state index in [0.717, 1.165) is 0 Å². The Morgan fingerprint density at radius 1 is 1.31 bits per heavy atom. The van der Waals surface area contributed by atoms with E-state index < -0.39 is 0 Å². The first-order valence-electron chi connectivity index (χ1n) is 4.00. The molecule has 1 rings (SSSR count). The number of aliphatic imine (C=N–C) groups is 1. The summed E-state index contributed by atoms with van der Waals surface area (Å²) in [5, 5.41) is 0. The maximum Gasteiger partial charge on any atom is 0.278 e. The van der Waals surface area contributed by atoms with E-state index in [2.05, 4.69) is 4.99 Å². The van der Waals surface area contributed by atoms with Crippen molar-refractivity contribution < 1.29 is 4.79 Å². The molecule has 0 unspecified atom stereocenters. The highest BCUT2D eigenvalue weighted by Gasteiger charge is 1.99. The number of hydrogen-bond acceptors (Lipinski definition) is 1. The molecule has 68 valence electrons. The molecule has 0 aromatic heterocycles. The minimum absolute atomic E-state index is 0.214. The van der Waals surface area contributed by atoms with Crippen molar-refractivity contribution in [3.05, 3.63) is 35.9 Å². The van der Waals surface area contributed by atoms with Gasteiger partial charge in [0.2, 0.25) is 0 Å². The topological polar surface area (TPSA) is 32.7 Å². The number of benzene rings is 1. The van der Waals surface area contributed by atoms with Gasteiger partial charge in [-0.2, -0.15) is 4.99 Å². The second-order valence-corrected chi connectivity index (χ2v) is 2.88. The van der Waals surface area contributed by atoms with Gasteiger partial charge in [-0.3, -0.25) is 4.79 Å². The zero-order valence-corrected chi connectivity index (χ0v) is 7.77. The van der Waals surface area contributed by atoms with Gasteiger partial charge in [0, 0.05) is 19.7 Å². The van der Waals surface area contributed by atoms with Gasteiger partial charge in [0.25, 0.3) is 5.91 Å². The molecule has 0 saturated heterocycles. The van der Waals surface area contributed by atoms with Gasteiger partial charge in [0.1, 0.15) is 0 Å². The van der Waals surface area contributed by atoms with Crippen LogP contribution in [-0.2, 0) is 0 Å². The molecule has 0 bridgehead atoms. The van der Waals surface area contributed by atoms with E-state index in [4.69, 9.17) is 0 Å². The Labute approximate surface area is 77.7 Å². The molecular weight excluding hydrogens is 164 g/mol. The van der Waals surface area contributed by atoms with E-state index in [-0.39, 0.29) is 5.91 Å². The highest BCUT2D eigenvalue weighted by Crippen LogP contribution is 1.99. The highest BCUT2D eigenvalue weighted by molar-refractivity contribution is 5.98. The highest BCUT2D eigenvalue weighted by atomic mass is 16.1. The summed E-state index contributed by atoms with van der Waals surface area (Å²) >= 11 is 0. The van der Waals surface area contributed by atoms with Crippen LogP contribution in [0.1, 0.15) is 10.4 Å². The van der Waals surface area contributed by atoms with Crippen LogP contribution in [0.15, 0.2) is 35.3 Å². The molecule has 0 spiro atoms. The van der Waals surface area contributed by atoms with Gasteiger partial charge in [0.15, 0.2) is 0 Å². The number of nitrogens with zero attached hydrogens (tertiary/aromatic N) is 2. The van der Waals surface area contributed by atoms with Crippen LogP contribution < -0.4 is 0 Å². The van der Waals surface area contributed by atoms with E-state index in [9.17, 15) is 4.79 Å². The van der Waals surface area contributed by atoms with Crippen molar-refractivity contribution in [1.82, 2.24) is 4.90 Å². The van der Waals surface area contributed by atoms with Crippen molar-refractivity contribution in [2.45, 2.75) is 0 Å². The minimum atomic E-state index is -0.214. The molecule has 3 heteroatoms. The van der Waals surface area contributed by atoms with Crippen LogP contribution in [0, 0.1) is 0 Å². The third-order valence-corrected chi connectivity index (χ3v) is 1.43. The van der Waals surface area contributed by atoms with E-state index >= 15 is 0 Å². The van der Waals surface area contributed by atoms with Crippen LogP contribution in [0.3, 0.4) is 0 Å². The van der Waals surface area contributed by atoms with Crippen molar-refractivity contribution in [3.63, 3.8) is 0 Å². The fourth-order valence-electron chi connectivity index (χ4n) is 0.823. The Morgan fingerprint density at radius 3 is 2.46 bits per heavy atom. The van der Waals surface area contributed by atoms with Crippen LogP contribution in [0.5, 0.6) is 0 Å². The van der Waals surface area contributed by atoms with Crippen molar-refractivity contribution in [2.75, 3.05) is 14.1 Å². The second-order valence-electron chi connectivity index (χ2n) is 2.88. The Balaban J connectivity index is 2.70. The molecule has 0 aliphatic heterocycles. The van der Waals surface area contributed by atoms with Gasteiger partial charge in [-0.1, -0.05) is 18.2 Å². The lowest BCUT2D eigenvalue weighted by Crippen LogP contribution is -2.09. The largest absolute Gasteiger partial charge is 0.369 e. The smallest absolute Gasteiger partial charge is 0.278 e. The Bertz CT molecular complexity index is 304. The van der Waals surface area contributed by atoms with Crippen molar-refractivity contribution in [2.24, 2.45) is 4.99 Å². The first-order valence-corrected chi connectivity index (χ1v) is 4.00. The zero-order valence-electron chi connectivity index (χ0n) is 7.77. The van der Waals surface area contributed by atoms with Crippen LogP contribution in [-0.4, -0.2) is 31.2 Å². The average molecular weight is 176 g/mol. The van der Waals surface area contributed by atoms with Gasteiger partial charge >= 0.3 is 0 Å². The molecule has 0 aliphatic carbocycles. The molecule has 0 atom stereocenters. The fraction of sp³-hybridized carbons (Fsp3) is 0.200. The maximum atomic E-state index is 11.3. The van der Waals surface area contributed by atoms with Crippen molar-refractivity contribution in [1.29, 1.82) is 0 Å². The molecule has 0 saturated carbocycles.